The lowest BCUT2D eigenvalue weighted by Crippen LogP contribution is -2.55. The lowest BCUT2D eigenvalue weighted by Gasteiger charge is -2.52. The molecule has 0 aromatic heterocycles. The molecule has 0 aromatic rings. The Bertz CT molecular complexity index is 426. The zero-order chi connectivity index (χ0) is 13.7. The molecule has 2 aliphatic carbocycles. The standard InChI is InChI=1S/C14H20O4/c1-7-4-9(16)5-10-11(17)6-12(18)13(8(2)15)14(7,10)3/h5,7,11-13,17-18H,4,6H2,1-3H3. The van der Waals surface area contributed by atoms with Crippen molar-refractivity contribution in [1.82, 2.24) is 0 Å². The van der Waals surface area contributed by atoms with Crippen LogP contribution < -0.4 is 0 Å². The maximum atomic E-state index is 11.8. The highest BCUT2D eigenvalue weighted by Gasteiger charge is 2.54. The van der Waals surface area contributed by atoms with E-state index in [4.69, 9.17) is 0 Å². The summed E-state index contributed by atoms with van der Waals surface area (Å²) < 4.78 is 0. The summed E-state index contributed by atoms with van der Waals surface area (Å²) in [5.41, 5.74) is 0.00773. The van der Waals surface area contributed by atoms with E-state index in [1.807, 2.05) is 13.8 Å². The second-order valence-corrected chi connectivity index (χ2v) is 5.86. The van der Waals surface area contributed by atoms with E-state index in [0.717, 1.165) is 0 Å². The molecule has 18 heavy (non-hydrogen) atoms. The Hall–Kier alpha value is -1.00. The molecule has 0 aromatic carbocycles. The third-order valence-corrected chi connectivity index (χ3v) is 4.76. The van der Waals surface area contributed by atoms with Crippen LogP contribution >= 0.6 is 0 Å². The summed E-state index contributed by atoms with van der Waals surface area (Å²) in [7, 11) is 0. The number of rotatable bonds is 1. The summed E-state index contributed by atoms with van der Waals surface area (Å²) in [5.74, 6) is -0.671. The van der Waals surface area contributed by atoms with Crippen LogP contribution in [0.1, 0.15) is 33.6 Å². The number of hydrogen-bond acceptors (Lipinski definition) is 4. The lowest BCUT2D eigenvalue weighted by molar-refractivity contribution is -0.139. The van der Waals surface area contributed by atoms with Gasteiger partial charge in [0.2, 0.25) is 0 Å². The molecule has 0 saturated heterocycles. The summed E-state index contributed by atoms with van der Waals surface area (Å²) in [4.78, 5) is 23.5. The van der Waals surface area contributed by atoms with Gasteiger partial charge in [0.25, 0.3) is 0 Å². The van der Waals surface area contributed by atoms with Crippen molar-refractivity contribution < 1.29 is 19.8 Å². The fourth-order valence-corrected chi connectivity index (χ4v) is 3.71. The first-order valence-corrected chi connectivity index (χ1v) is 6.40. The number of Topliss-reactive ketones (excluding diaryl/α,β-unsaturated/α-hetero) is 1. The second-order valence-electron chi connectivity index (χ2n) is 5.86. The van der Waals surface area contributed by atoms with E-state index in [1.165, 1.54) is 13.0 Å². The van der Waals surface area contributed by atoms with Crippen LogP contribution in [0.25, 0.3) is 0 Å². The largest absolute Gasteiger partial charge is 0.392 e. The molecular weight excluding hydrogens is 232 g/mol. The van der Waals surface area contributed by atoms with Gasteiger partial charge in [-0.05, 0) is 24.5 Å². The van der Waals surface area contributed by atoms with Crippen LogP contribution in [0.15, 0.2) is 11.6 Å². The predicted molar refractivity (Wildman–Crippen MR) is 65.8 cm³/mol. The maximum absolute atomic E-state index is 11.8. The first kappa shape index (κ1) is 13.4. The van der Waals surface area contributed by atoms with Crippen LogP contribution in [-0.2, 0) is 9.59 Å². The first-order valence-electron chi connectivity index (χ1n) is 6.40. The van der Waals surface area contributed by atoms with E-state index in [0.29, 0.717) is 12.0 Å². The van der Waals surface area contributed by atoms with Crippen molar-refractivity contribution in [2.24, 2.45) is 17.3 Å². The maximum Gasteiger partial charge on any atom is 0.156 e. The second kappa shape index (κ2) is 4.28. The predicted octanol–water partition coefficient (Wildman–Crippen LogP) is 0.859. The Labute approximate surface area is 107 Å². The smallest absolute Gasteiger partial charge is 0.156 e. The van der Waals surface area contributed by atoms with Crippen LogP contribution in [0, 0.1) is 17.3 Å². The number of aliphatic hydroxyl groups is 2. The number of allylic oxidation sites excluding steroid dienone is 1. The third kappa shape index (κ3) is 1.75. The van der Waals surface area contributed by atoms with Crippen molar-refractivity contribution in [1.29, 1.82) is 0 Å². The minimum atomic E-state index is -0.838. The number of hydrogen-bond donors (Lipinski definition) is 2. The van der Waals surface area contributed by atoms with Gasteiger partial charge in [0.05, 0.1) is 18.1 Å². The first-order chi connectivity index (χ1) is 8.28. The van der Waals surface area contributed by atoms with E-state index in [2.05, 4.69) is 0 Å². The minimum absolute atomic E-state index is 0.00674. The monoisotopic (exact) mass is 252 g/mol. The van der Waals surface area contributed by atoms with Crippen molar-refractivity contribution in [3.63, 3.8) is 0 Å². The van der Waals surface area contributed by atoms with Gasteiger partial charge in [-0.3, -0.25) is 9.59 Å². The van der Waals surface area contributed by atoms with Crippen molar-refractivity contribution in [3.05, 3.63) is 11.6 Å². The fraction of sp³-hybridized carbons (Fsp3) is 0.714. The van der Waals surface area contributed by atoms with Crippen LogP contribution in [0.5, 0.6) is 0 Å². The summed E-state index contributed by atoms with van der Waals surface area (Å²) >= 11 is 0. The van der Waals surface area contributed by atoms with E-state index >= 15 is 0 Å². The molecule has 0 heterocycles. The zero-order valence-corrected chi connectivity index (χ0v) is 11.0. The fourth-order valence-electron chi connectivity index (χ4n) is 3.71. The molecule has 100 valence electrons. The molecule has 5 unspecified atom stereocenters. The average molecular weight is 252 g/mol. The highest BCUT2D eigenvalue weighted by atomic mass is 16.3. The minimum Gasteiger partial charge on any atom is -0.392 e. The van der Waals surface area contributed by atoms with Gasteiger partial charge in [0.15, 0.2) is 5.78 Å². The van der Waals surface area contributed by atoms with Crippen molar-refractivity contribution in [2.75, 3.05) is 0 Å². The summed E-state index contributed by atoms with van der Waals surface area (Å²) in [6.07, 6.45) is 0.309. The van der Waals surface area contributed by atoms with Gasteiger partial charge in [0, 0.05) is 18.3 Å². The Morgan fingerprint density at radius 2 is 2.06 bits per heavy atom. The molecule has 1 saturated carbocycles. The quantitative estimate of drug-likeness (QED) is 0.726. The van der Waals surface area contributed by atoms with Crippen LogP contribution in [0.3, 0.4) is 0 Å². The molecule has 0 amide bonds. The molecule has 4 nitrogen and oxygen atoms in total. The van der Waals surface area contributed by atoms with Gasteiger partial charge in [-0.25, -0.2) is 0 Å². The van der Waals surface area contributed by atoms with E-state index in [-0.39, 0.29) is 23.9 Å². The molecule has 1 fully saturated rings. The van der Waals surface area contributed by atoms with Crippen LogP contribution in [0.4, 0.5) is 0 Å². The molecular formula is C14H20O4. The van der Waals surface area contributed by atoms with Gasteiger partial charge >= 0.3 is 0 Å². The van der Waals surface area contributed by atoms with Gasteiger partial charge < -0.3 is 10.2 Å². The zero-order valence-electron chi connectivity index (χ0n) is 11.0. The molecule has 0 aliphatic heterocycles. The van der Waals surface area contributed by atoms with Crippen molar-refractivity contribution >= 4 is 11.6 Å². The number of aliphatic hydroxyl groups excluding tert-OH is 2. The van der Waals surface area contributed by atoms with Gasteiger partial charge in [-0.1, -0.05) is 13.8 Å². The van der Waals surface area contributed by atoms with Crippen LogP contribution in [-0.4, -0.2) is 34.0 Å². The Balaban J connectivity index is 2.56. The highest BCUT2D eigenvalue weighted by molar-refractivity contribution is 5.93. The molecule has 2 rings (SSSR count). The SMILES string of the molecule is CC(=O)C1C(O)CC(O)C2=CC(=O)CC(C)C21C. The van der Waals surface area contributed by atoms with Gasteiger partial charge in [-0.15, -0.1) is 0 Å². The average Bonchev–Trinajstić information content (AvgIpc) is 2.21. The van der Waals surface area contributed by atoms with E-state index in [1.54, 1.807) is 0 Å². The number of fused-ring (bicyclic) bond motifs is 1. The van der Waals surface area contributed by atoms with Crippen molar-refractivity contribution in [3.8, 4) is 0 Å². The van der Waals surface area contributed by atoms with E-state index in [9.17, 15) is 19.8 Å². The highest BCUT2D eigenvalue weighted by Crippen LogP contribution is 2.53. The number of ketones is 2. The normalized spacial score (nSPS) is 44.3. The molecule has 5 atom stereocenters. The third-order valence-electron chi connectivity index (χ3n) is 4.76. The molecule has 4 heteroatoms. The number of carbonyl (C=O) groups excluding carboxylic acids is 2. The summed E-state index contributed by atoms with van der Waals surface area (Å²) in [6, 6.07) is 0. The van der Waals surface area contributed by atoms with Gasteiger partial charge in [0.1, 0.15) is 5.78 Å². The summed E-state index contributed by atoms with van der Waals surface area (Å²) in [6.45, 7) is 5.26. The van der Waals surface area contributed by atoms with Crippen LogP contribution in [0.2, 0.25) is 0 Å². The number of carbonyl (C=O) groups is 2. The molecule has 0 radical (unpaired) electrons. The topological polar surface area (TPSA) is 74.6 Å². The molecule has 0 bridgehead atoms. The molecule has 2 aliphatic rings. The Kier molecular flexibility index (Phi) is 3.19. The lowest BCUT2D eigenvalue weighted by atomic mass is 9.53. The van der Waals surface area contributed by atoms with E-state index < -0.39 is 23.5 Å². The Morgan fingerprint density at radius 1 is 1.44 bits per heavy atom. The van der Waals surface area contributed by atoms with Crippen molar-refractivity contribution in [2.45, 2.75) is 45.8 Å². The summed E-state index contributed by atoms with van der Waals surface area (Å²) in [5, 5.41) is 20.2. The Morgan fingerprint density at radius 3 is 2.61 bits per heavy atom. The molecule has 2 N–H and O–H groups in total. The molecule has 0 spiro atoms. The van der Waals surface area contributed by atoms with Gasteiger partial charge in [-0.2, -0.15) is 0 Å².